The Morgan fingerprint density at radius 3 is 1.62 bits per heavy atom. The molecule has 2 aliphatic carbocycles. The third-order valence-electron chi connectivity index (χ3n) is 12.7. The van der Waals surface area contributed by atoms with E-state index in [0.717, 1.165) is 61.6 Å². The molecule has 55 heavy (non-hydrogen) atoms. The zero-order valence-electron chi connectivity index (χ0n) is 34.8. The molecule has 3 aromatic carbocycles. The normalized spacial score (nSPS) is 19.2. The highest BCUT2D eigenvalue weighted by Crippen LogP contribution is 2.68. The number of benzene rings is 3. The van der Waals surface area contributed by atoms with Crippen LogP contribution in [0.2, 0.25) is 0 Å². The molecule has 1 unspecified atom stereocenters. The van der Waals surface area contributed by atoms with Gasteiger partial charge >= 0.3 is 0 Å². The van der Waals surface area contributed by atoms with Crippen molar-refractivity contribution in [1.82, 2.24) is 9.80 Å². The van der Waals surface area contributed by atoms with Gasteiger partial charge in [0.15, 0.2) is 46.2 Å². The number of rotatable bonds is 12. The van der Waals surface area contributed by atoms with Crippen LogP contribution in [0.15, 0.2) is 22.4 Å². The predicted molar refractivity (Wildman–Crippen MR) is 216 cm³/mol. The van der Waals surface area contributed by atoms with Gasteiger partial charge in [-0.1, -0.05) is 65.7 Å². The standard InChI is InChI=1S/C43H60N6O6/c1-13-48(14-2)19-25-33-27(17-29(52-11)35(25)53-12)41(7,8)21-43(33)22-42(9,10)28-18-30-36(26(34(28)43)20-49(15-3)16-4)55-38-32(40(45)47-51)24(6)23(5)31(37(38)54-30)39(44)46-50/h17-18,50-51H,13-16,19-22H2,1-12H3,(H2,44,46)(H2,45,47). The number of nitrogens with two attached hydrogens (primary N) is 2. The average molecular weight is 757 g/mol. The fourth-order valence-electron chi connectivity index (χ4n) is 10.1. The van der Waals surface area contributed by atoms with Crippen LogP contribution in [-0.4, -0.2) is 72.3 Å². The van der Waals surface area contributed by atoms with Gasteiger partial charge in [-0.2, -0.15) is 0 Å². The predicted octanol–water partition coefficient (Wildman–Crippen LogP) is 7.74. The molecule has 0 bridgehead atoms. The number of ether oxygens (including phenoxy) is 4. The Balaban J connectivity index is 1.76. The third kappa shape index (κ3) is 6.03. The maximum atomic E-state index is 9.98. The first-order chi connectivity index (χ1) is 26.0. The molecule has 6 rings (SSSR count). The molecule has 12 nitrogen and oxygen atoms in total. The number of nitrogens with zero attached hydrogens (tertiary/aromatic N) is 4. The van der Waals surface area contributed by atoms with Gasteiger partial charge in [-0.25, -0.2) is 0 Å². The van der Waals surface area contributed by atoms with Crippen LogP contribution in [0.4, 0.5) is 0 Å². The van der Waals surface area contributed by atoms with E-state index in [2.05, 4.69) is 87.6 Å². The van der Waals surface area contributed by atoms with Crippen LogP contribution >= 0.6 is 0 Å². The molecule has 6 N–H and O–H groups in total. The summed E-state index contributed by atoms with van der Waals surface area (Å²) < 4.78 is 26.3. The van der Waals surface area contributed by atoms with Gasteiger partial charge in [-0.3, -0.25) is 9.80 Å². The second-order valence-corrected chi connectivity index (χ2v) is 16.6. The lowest BCUT2D eigenvalue weighted by atomic mass is 9.70. The number of methoxy groups -OCH3 is 2. The van der Waals surface area contributed by atoms with E-state index >= 15 is 0 Å². The molecule has 0 saturated heterocycles. The van der Waals surface area contributed by atoms with Crippen molar-refractivity contribution in [3.8, 4) is 34.5 Å². The smallest absolute Gasteiger partial charge is 0.182 e. The van der Waals surface area contributed by atoms with Crippen LogP contribution in [0.25, 0.3) is 0 Å². The van der Waals surface area contributed by atoms with E-state index in [1.54, 1.807) is 14.2 Å². The zero-order valence-corrected chi connectivity index (χ0v) is 34.8. The summed E-state index contributed by atoms with van der Waals surface area (Å²) >= 11 is 0. The van der Waals surface area contributed by atoms with Crippen LogP contribution in [0.5, 0.6) is 34.5 Å². The highest BCUT2D eigenvalue weighted by Gasteiger charge is 2.59. The van der Waals surface area contributed by atoms with Gasteiger partial charge in [0.2, 0.25) is 0 Å². The summed E-state index contributed by atoms with van der Waals surface area (Å²) in [5, 5.41) is 26.6. The second kappa shape index (κ2) is 14.4. The van der Waals surface area contributed by atoms with E-state index in [1.165, 1.54) is 22.3 Å². The van der Waals surface area contributed by atoms with Crippen molar-refractivity contribution in [2.75, 3.05) is 40.4 Å². The number of amidine groups is 2. The van der Waals surface area contributed by atoms with Crippen molar-refractivity contribution in [2.24, 2.45) is 21.8 Å². The summed E-state index contributed by atoms with van der Waals surface area (Å²) in [5.41, 5.74) is 21.1. The topological polar surface area (TPSA) is 161 Å². The van der Waals surface area contributed by atoms with Crippen molar-refractivity contribution >= 4 is 11.7 Å². The lowest BCUT2D eigenvalue weighted by Gasteiger charge is -2.36. The van der Waals surface area contributed by atoms with E-state index in [0.29, 0.717) is 46.8 Å². The van der Waals surface area contributed by atoms with E-state index in [9.17, 15) is 10.4 Å². The summed E-state index contributed by atoms with van der Waals surface area (Å²) in [6.07, 6.45) is 1.73. The molecular formula is C43H60N6O6. The van der Waals surface area contributed by atoms with Gasteiger partial charge in [-0.15, -0.1) is 0 Å². The van der Waals surface area contributed by atoms with Crippen molar-refractivity contribution in [3.63, 3.8) is 0 Å². The van der Waals surface area contributed by atoms with Crippen molar-refractivity contribution < 1.29 is 29.4 Å². The first-order valence-electron chi connectivity index (χ1n) is 19.5. The number of hydrogen-bond acceptors (Lipinski definition) is 10. The maximum absolute atomic E-state index is 9.98. The van der Waals surface area contributed by atoms with Crippen LogP contribution in [0, 0.1) is 13.8 Å². The minimum Gasteiger partial charge on any atom is -0.493 e. The third-order valence-corrected chi connectivity index (χ3v) is 12.7. The van der Waals surface area contributed by atoms with Crippen molar-refractivity contribution in [3.05, 3.63) is 67.8 Å². The highest BCUT2D eigenvalue weighted by molar-refractivity contribution is 6.08. The minimum atomic E-state index is -0.419. The SMILES string of the molecule is CCN(CC)Cc1c(OC)c(OC)cc2c1C1(CC2(C)C)CC(C)(C)c2cc3c(c(CN(CC)CC)c21)Oc1c(c(/C(N)=N/O)c(C)c(C)c1/C(N)=N/O)O3. The van der Waals surface area contributed by atoms with Gasteiger partial charge in [0.25, 0.3) is 0 Å². The minimum absolute atomic E-state index is 0.131. The lowest BCUT2D eigenvalue weighted by molar-refractivity contribution is 0.277. The molecule has 3 aromatic rings. The molecule has 0 radical (unpaired) electrons. The zero-order chi connectivity index (χ0) is 40.4. The van der Waals surface area contributed by atoms with Gasteiger partial charge in [0, 0.05) is 29.6 Å². The Hall–Kier alpha value is -4.68. The molecule has 0 aromatic heterocycles. The van der Waals surface area contributed by atoms with Crippen LogP contribution in [0.3, 0.4) is 0 Å². The summed E-state index contributed by atoms with van der Waals surface area (Å²) in [6.45, 7) is 26.5. The monoisotopic (exact) mass is 756 g/mol. The van der Waals surface area contributed by atoms with Gasteiger partial charge in [0.05, 0.1) is 25.3 Å². The second-order valence-electron chi connectivity index (χ2n) is 16.6. The first kappa shape index (κ1) is 40.0. The summed E-state index contributed by atoms with van der Waals surface area (Å²) in [6, 6.07) is 4.35. The van der Waals surface area contributed by atoms with Gasteiger partial charge in [-0.05, 0) is 109 Å². The largest absolute Gasteiger partial charge is 0.493 e. The fraction of sp³-hybridized carbons (Fsp3) is 0.535. The fourth-order valence-corrected chi connectivity index (χ4v) is 10.1. The Morgan fingerprint density at radius 2 is 1.16 bits per heavy atom. The molecular weight excluding hydrogens is 697 g/mol. The van der Waals surface area contributed by atoms with Crippen LogP contribution in [0.1, 0.15) is 124 Å². The van der Waals surface area contributed by atoms with Crippen LogP contribution < -0.4 is 30.4 Å². The molecule has 0 amide bonds. The van der Waals surface area contributed by atoms with Gasteiger partial charge < -0.3 is 40.8 Å². The number of fused-ring (bicyclic) bond motifs is 6. The first-order valence-corrected chi connectivity index (χ1v) is 19.5. The summed E-state index contributed by atoms with van der Waals surface area (Å²) in [5.74, 6) is 2.87. The molecule has 1 aliphatic heterocycles. The Bertz CT molecular complexity index is 2080. The quantitative estimate of drug-likeness (QED) is 0.0487. The Labute approximate surface area is 326 Å². The summed E-state index contributed by atoms with van der Waals surface area (Å²) in [4.78, 5) is 4.83. The molecule has 1 atom stereocenters. The molecule has 3 aliphatic rings. The number of hydrogen-bond donors (Lipinski definition) is 4. The summed E-state index contributed by atoms with van der Waals surface area (Å²) in [7, 11) is 3.46. The molecule has 298 valence electrons. The lowest BCUT2D eigenvalue weighted by Crippen LogP contribution is -2.32. The average Bonchev–Trinajstić information content (AvgIpc) is 3.52. The molecule has 1 heterocycles. The maximum Gasteiger partial charge on any atom is 0.182 e. The molecule has 0 saturated carbocycles. The van der Waals surface area contributed by atoms with E-state index in [1.807, 2.05) is 13.8 Å². The van der Waals surface area contributed by atoms with E-state index in [-0.39, 0.29) is 34.0 Å². The van der Waals surface area contributed by atoms with E-state index in [4.69, 9.17) is 30.4 Å². The highest BCUT2D eigenvalue weighted by atomic mass is 16.6. The van der Waals surface area contributed by atoms with Crippen molar-refractivity contribution in [2.45, 2.75) is 111 Å². The van der Waals surface area contributed by atoms with Crippen LogP contribution in [-0.2, 0) is 29.3 Å². The molecule has 1 spiro atoms. The number of oxime groups is 2. The molecule has 0 fully saturated rings. The van der Waals surface area contributed by atoms with Crippen molar-refractivity contribution in [1.29, 1.82) is 0 Å². The Kier molecular flexibility index (Phi) is 10.5. The Morgan fingerprint density at radius 1 is 0.709 bits per heavy atom. The van der Waals surface area contributed by atoms with Gasteiger partial charge in [0.1, 0.15) is 0 Å². The van der Waals surface area contributed by atoms with E-state index < -0.39 is 5.41 Å². The molecule has 12 heteroatoms.